The van der Waals surface area contributed by atoms with E-state index >= 15 is 0 Å². The van der Waals surface area contributed by atoms with Crippen LogP contribution in [0.4, 0.5) is 22.0 Å². The molecule has 1 aliphatic heterocycles. The minimum Gasteiger partial charge on any atom is -0.431 e. The number of nitro groups is 1. The molecular weight excluding hydrogens is 506 g/mol. The van der Waals surface area contributed by atoms with Crippen LogP contribution in [0.3, 0.4) is 0 Å². The molecule has 2 atom stereocenters. The number of carbonyl (C=O) groups is 3. The summed E-state index contributed by atoms with van der Waals surface area (Å²) in [5.74, 6) is 0.109. The minimum absolute atomic E-state index is 0.0507. The third-order valence-corrected chi connectivity index (χ3v) is 6.69. The quantitative estimate of drug-likeness (QED) is 0.146. The molecule has 2 aliphatic rings. The molecule has 1 saturated carbocycles. The fourth-order valence-electron chi connectivity index (χ4n) is 4.80. The average molecular weight is 534 g/mol. The third kappa shape index (κ3) is 5.44. The molecule has 1 aliphatic carbocycles. The standard InChI is InChI=1S/C27H27N5O7/c1-27(2,3)31-23(28-16-5-11-20-21(13-16)25(34)29-24(20)33)14-22(30-31)15-4-8-19(12-15)39-26(35)38-18-9-6-17(7-10-18)32(36)37/h5-7,9-11,13-15,19,28H,4,8,12H2,1-3H3,(H,29,33,34)/t15-,19+/m0/s1. The molecule has 3 aromatic rings. The van der Waals surface area contributed by atoms with Gasteiger partial charge in [0.25, 0.3) is 17.5 Å². The van der Waals surface area contributed by atoms with Crippen molar-refractivity contribution in [3.63, 3.8) is 0 Å². The zero-order valence-corrected chi connectivity index (χ0v) is 21.6. The zero-order valence-electron chi connectivity index (χ0n) is 21.6. The van der Waals surface area contributed by atoms with Crippen LogP contribution in [0.15, 0.2) is 48.5 Å². The van der Waals surface area contributed by atoms with Crippen LogP contribution >= 0.6 is 0 Å². The van der Waals surface area contributed by atoms with E-state index in [1.54, 1.807) is 18.2 Å². The Morgan fingerprint density at radius 1 is 1.08 bits per heavy atom. The Morgan fingerprint density at radius 3 is 2.49 bits per heavy atom. The van der Waals surface area contributed by atoms with Gasteiger partial charge in [-0.15, -0.1) is 0 Å². The first-order chi connectivity index (χ1) is 18.5. The minimum atomic E-state index is -0.865. The summed E-state index contributed by atoms with van der Waals surface area (Å²) in [7, 11) is 0. The predicted octanol–water partition coefficient (Wildman–Crippen LogP) is 5.03. The van der Waals surface area contributed by atoms with Crippen molar-refractivity contribution >= 4 is 35.2 Å². The molecule has 2 amide bonds. The van der Waals surface area contributed by atoms with Gasteiger partial charge in [-0.3, -0.25) is 25.0 Å². The Morgan fingerprint density at radius 2 is 1.79 bits per heavy atom. The molecule has 0 radical (unpaired) electrons. The van der Waals surface area contributed by atoms with Crippen molar-refractivity contribution < 1.29 is 28.8 Å². The number of amides is 2. The molecule has 0 bridgehead atoms. The third-order valence-electron chi connectivity index (χ3n) is 6.69. The van der Waals surface area contributed by atoms with Gasteiger partial charge in [0.05, 0.1) is 27.3 Å². The zero-order chi connectivity index (χ0) is 27.9. The van der Waals surface area contributed by atoms with Gasteiger partial charge in [0.1, 0.15) is 17.7 Å². The summed E-state index contributed by atoms with van der Waals surface area (Å²) in [5, 5.41) is 21.3. The van der Waals surface area contributed by atoms with Crippen molar-refractivity contribution in [1.29, 1.82) is 0 Å². The number of nitrogens with zero attached hydrogens (tertiary/aromatic N) is 3. The first-order valence-corrected chi connectivity index (χ1v) is 12.5. The Hall–Kier alpha value is -4.74. The number of anilines is 2. The summed E-state index contributed by atoms with van der Waals surface area (Å²) in [6, 6.07) is 12.1. The fraction of sp³-hybridized carbons (Fsp3) is 0.333. The molecule has 2 heterocycles. The Kier molecular flexibility index (Phi) is 6.54. The van der Waals surface area contributed by atoms with E-state index in [9.17, 15) is 24.5 Å². The van der Waals surface area contributed by atoms with Gasteiger partial charge in [-0.1, -0.05) is 0 Å². The van der Waals surface area contributed by atoms with Crippen molar-refractivity contribution in [1.82, 2.24) is 15.1 Å². The highest BCUT2D eigenvalue weighted by Gasteiger charge is 2.33. The number of ether oxygens (including phenoxy) is 2. The topological polar surface area (TPSA) is 155 Å². The molecule has 1 fully saturated rings. The Labute approximate surface area is 223 Å². The predicted molar refractivity (Wildman–Crippen MR) is 139 cm³/mol. The van der Waals surface area contributed by atoms with Crippen molar-refractivity contribution in [2.75, 3.05) is 5.32 Å². The van der Waals surface area contributed by atoms with Gasteiger partial charge in [-0.25, -0.2) is 9.48 Å². The molecule has 1 aromatic heterocycles. The highest BCUT2D eigenvalue weighted by atomic mass is 16.7. The van der Waals surface area contributed by atoms with Crippen LogP contribution in [0, 0.1) is 10.1 Å². The van der Waals surface area contributed by atoms with Gasteiger partial charge >= 0.3 is 6.16 Å². The Balaban J connectivity index is 1.26. The summed E-state index contributed by atoms with van der Waals surface area (Å²) in [4.78, 5) is 46.5. The number of nitrogens with one attached hydrogen (secondary N) is 2. The van der Waals surface area contributed by atoms with E-state index in [0.29, 0.717) is 29.7 Å². The maximum atomic E-state index is 12.3. The maximum Gasteiger partial charge on any atom is 0.514 e. The van der Waals surface area contributed by atoms with Crippen LogP contribution in [-0.2, 0) is 10.3 Å². The molecule has 12 heteroatoms. The number of benzene rings is 2. The van der Waals surface area contributed by atoms with Crippen molar-refractivity contribution in [2.45, 2.75) is 57.6 Å². The number of hydrogen-bond acceptors (Lipinski definition) is 9. The average Bonchev–Trinajstić information content (AvgIpc) is 3.57. The molecule has 202 valence electrons. The highest BCUT2D eigenvalue weighted by Crippen LogP contribution is 2.38. The van der Waals surface area contributed by atoms with Gasteiger partial charge in [-0.2, -0.15) is 5.10 Å². The number of carbonyl (C=O) groups excluding carboxylic acids is 3. The van der Waals surface area contributed by atoms with Crippen LogP contribution < -0.4 is 15.4 Å². The lowest BCUT2D eigenvalue weighted by Crippen LogP contribution is -2.24. The molecule has 39 heavy (non-hydrogen) atoms. The Bertz CT molecular complexity index is 1470. The van der Waals surface area contributed by atoms with Gasteiger partial charge in [-0.05, 0) is 70.4 Å². The molecule has 0 unspecified atom stereocenters. The number of imide groups is 1. The highest BCUT2D eigenvalue weighted by molar-refractivity contribution is 6.21. The number of fused-ring (bicyclic) bond motifs is 1. The van der Waals surface area contributed by atoms with Crippen LogP contribution in [0.1, 0.15) is 72.4 Å². The lowest BCUT2D eigenvalue weighted by Gasteiger charge is -2.23. The van der Waals surface area contributed by atoms with E-state index in [1.165, 1.54) is 24.3 Å². The SMILES string of the molecule is CC(C)(C)n1nc([C@H]2CC[C@@H](OC(=O)Oc3ccc([N+](=O)[O-])cc3)C2)cc1Nc1ccc2c(c1)C(=O)NC2=O. The normalized spacial score (nSPS) is 18.4. The van der Waals surface area contributed by atoms with Crippen LogP contribution in [-0.4, -0.2) is 38.8 Å². The molecule has 0 spiro atoms. The number of hydrogen-bond donors (Lipinski definition) is 2. The molecule has 2 N–H and O–H groups in total. The van der Waals surface area contributed by atoms with Gasteiger partial charge < -0.3 is 14.8 Å². The first-order valence-electron chi connectivity index (χ1n) is 12.5. The van der Waals surface area contributed by atoms with Gasteiger partial charge in [0.2, 0.25) is 0 Å². The van der Waals surface area contributed by atoms with Gasteiger partial charge in [0, 0.05) is 29.8 Å². The van der Waals surface area contributed by atoms with Crippen LogP contribution in [0.2, 0.25) is 0 Å². The largest absolute Gasteiger partial charge is 0.514 e. The van der Waals surface area contributed by atoms with E-state index in [4.69, 9.17) is 14.6 Å². The second-order valence-corrected chi connectivity index (χ2v) is 10.6. The van der Waals surface area contributed by atoms with E-state index < -0.39 is 22.9 Å². The summed E-state index contributed by atoms with van der Waals surface area (Å²) in [6.07, 6.45) is 0.744. The molecule has 12 nitrogen and oxygen atoms in total. The van der Waals surface area contributed by atoms with Crippen molar-refractivity contribution in [3.8, 4) is 5.75 Å². The number of non-ortho nitro benzene ring substituents is 1. The van der Waals surface area contributed by atoms with Gasteiger partial charge in [0.15, 0.2) is 0 Å². The lowest BCUT2D eigenvalue weighted by atomic mass is 10.0. The number of nitro benzene ring substituents is 1. The van der Waals surface area contributed by atoms with Crippen LogP contribution in [0.25, 0.3) is 0 Å². The summed E-state index contributed by atoms with van der Waals surface area (Å²) in [6.45, 7) is 6.08. The van der Waals surface area contributed by atoms with Crippen molar-refractivity contribution in [2.24, 2.45) is 0 Å². The van der Waals surface area contributed by atoms with Crippen LogP contribution in [0.5, 0.6) is 5.75 Å². The second kappa shape index (κ2) is 9.86. The summed E-state index contributed by atoms with van der Waals surface area (Å²) >= 11 is 0. The smallest absolute Gasteiger partial charge is 0.431 e. The molecular formula is C27H27N5O7. The van der Waals surface area contributed by atoms with Crippen molar-refractivity contribution in [3.05, 3.63) is 75.5 Å². The maximum absolute atomic E-state index is 12.3. The second-order valence-electron chi connectivity index (χ2n) is 10.6. The van der Waals surface area contributed by atoms with E-state index in [0.717, 1.165) is 17.9 Å². The molecule has 5 rings (SSSR count). The monoisotopic (exact) mass is 533 g/mol. The molecule has 2 aromatic carbocycles. The summed E-state index contributed by atoms with van der Waals surface area (Å²) in [5.41, 5.74) is 1.71. The van der Waals surface area contributed by atoms with E-state index in [-0.39, 0.29) is 29.0 Å². The summed E-state index contributed by atoms with van der Waals surface area (Å²) < 4.78 is 12.5. The number of aromatic nitrogens is 2. The first kappa shape index (κ1) is 25.9. The van der Waals surface area contributed by atoms with E-state index in [2.05, 4.69) is 10.6 Å². The number of rotatable bonds is 6. The molecule has 0 saturated heterocycles. The lowest BCUT2D eigenvalue weighted by molar-refractivity contribution is -0.384. The fourth-order valence-corrected chi connectivity index (χ4v) is 4.80. The van der Waals surface area contributed by atoms with E-state index in [1.807, 2.05) is 31.5 Å².